The van der Waals surface area contributed by atoms with Gasteiger partial charge in [0.2, 0.25) is 0 Å². The first kappa shape index (κ1) is 13.8. The summed E-state index contributed by atoms with van der Waals surface area (Å²) in [6.07, 6.45) is 6.61. The van der Waals surface area contributed by atoms with E-state index in [1.165, 1.54) is 6.08 Å². The molecule has 1 aromatic heterocycles. The van der Waals surface area contributed by atoms with Gasteiger partial charge in [-0.2, -0.15) is 5.10 Å². The van der Waals surface area contributed by atoms with Gasteiger partial charge in [-0.15, -0.1) is 0 Å². The van der Waals surface area contributed by atoms with Crippen molar-refractivity contribution in [1.82, 2.24) is 9.78 Å². The summed E-state index contributed by atoms with van der Waals surface area (Å²) in [5.41, 5.74) is 1.79. The topological polar surface area (TPSA) is 44.1 Å². The largest absolute Gasteiger partial charge is 0.423 e. The molecule has 0 aliphatic rings. The maximum Gasteiger partial charge on any atom is 0.336 e. The van der Waals surface area contributed by atoms with Crippen molar-refractivity contribution in [3.8, 4) is 11.4 Å². The molecule has 3 rings (SSSR count). The average Bonchev–Trinajstić information content (AvgIpc) is 3.04. The number of para-hydroxylation sites is 2. The molecule has 22 heavy (non-hydrogen) atoms. The molecular formula is C18H14N2O2. The summed E-state index contributed by atoms with van der Waals surface area (Å²) in [5, 5.41) is 4.26. The van der Waals surface area contributed by atoms with Gasteiger partial charge in [0.15, 0.2) is 0 Å². The van der Waals surface area contributed by atoms with Crippen LogP contribution in [0.3, 0.4) is 0 Å². The van der Waals surface area contributed by atoms with Crippen LogP contribution in [0.15, 0.2) is 79.1 Å². The van der Waals surface area contributed by atoms with Gasteiger partial charge >= 0.3 is 5.97 Å². The van der Waals surface area contributed by atoms with Crippen LogP contribution in [0.4, 0.5) is 0 Å². The molecule has 1 heterocycles. The molecule has 0 amide bonds. The highest BCUT2D eigenvalue weighted by Gasteiger charge is 2.01. The number of rotatable bonds is 4. The molecule has 0 radical (unpaired) electrons. The lowest BCUT2D eigenvalue weighted by atomic mass is 10.3. The Hall–Kier alpha value is -3.14. The lowest BCUT2D eigenvalue weighted by Gasteiger charge is -1.99. The monoisotopic (exact) mass is 290 g/mol. The van der Waals surface area contributed by atoms with Gasteiger partial charge in [0.25, 0.3) is 0 Å². The minimum atomic E-state index is -0.418. The fourth-order valence-corrected chi connectivity index (χ4v) is 1.95. The van der Waals surface area contributed by atoms with E-state index >= 15 is 0 Å². The number of benzene rings is 2. The molecule has 0 aliphatic heterocycles. The molecule has 0 bridgehead atoms. The number of aromatic nitrogens is 2. The van der Waals surface area contributed by atoms with Crippen LogP contribution in [0.1, 0.15) is 5.56 Å². The van der Waals surface area contributed by atoms with E-state index in [9.17, 15) is 4.79 Å². The minimum Gasteiger partial charge on any atom is -0.423 e. The number of ether oxygens (including phenoxy) is 1. The number of carbonyl (C=O) groups is 1. The molecule has 0 saturated carbocycles. The Morgan fingerprint density at radius 2 is 1.68 bits per heavy atom. The van der Waals surface area contributed by atoms with Crippen LogP contribution >= 0.6 is 0 Å². The summed E-state index contributed by atoms with van der Waals surface area (Å²) in [6.45, 7) is 0. The maximum atomic E-state index is 11.7. The summed E-state index contributed by atoms with van der Waals surface area (Å²) in [6, 6.07) is 18.7. The van der Waals surface area contributed by atoms with Gasteiger partial charge in [-0.05, 0) is 30.3 Å². The van der Waals surface area contributed by atoms with Gasteiger partial charge in [0.05, 0.1) is 11.9 Å². The summed E-state index contributed by atoms with van der Waals surface area (Å²) in [7, 11) is 0. The van der Waals surface area contributed by atoms with Gasteiger partial charge in [-0.1, -0.05) is 36.4 Å². The van der Waals surface area contributed by atoms with Crippen LogP contribution in [0, 0.1) is 0 Å². The summed E-state index contributed by atoms with van der Waals surface area (Å²) in [5.74, 6) is 0.107. The van der Waals surface area contributed by atoms with E-state index in [2.05, 4.69) is 5.10 Å². The van der Waals surface area contributed by atoms with E-state index in [1.54, 1.807) is 29.1 Å². The zero-order valence-corrected chi connectivity index (χ0v) is 11.8. The second-order valence-corrected chi connectivity index (χ2v) is 4.62. The standard InChI is InChI=1S/C18H14N2O2/c21-18(22-17-9-5-2-6-10-17)12-11-15-13-19-20(14-15)16-7-3-1-4-8-16/h1-14H/b12-11+. The van der Waals surface area contributed by atoms with Crippen molar-refractivity contribution in [1.29, 1.82) is 0 Å². The van der Waals surface area contributed by atoms with Crippen LogP contribution in [-0.4, -0.2) is 15.7 Å². The van der Waals surface area contributed by atoms with Crippen molar-refractivity contribution in [3.05, 3.63) is 84.7 Å². The van der Waals surface area contributed by atoms with Gasteiger partial charge in [0.1, 0.15) is 5.75 Å². The normalized spacial score (nSPS) is 10.7. The van der Waals surface area contributed by atoms with Crippen molar-refractivity contribution in [2.24, 2.45) is 0 Å². The third-order valence-corrected chi connectivity index (χ3v) is 3.00. The van der Waals surface area contributed by atoms with E-state index in [-0.39, 0.29) is 0 Å². The first-order valence-electron chi connectivity index (χ1n) is 6.86. The highest BCUT2D eigenvalue weighted by molar-refractivity contribution is 5.88. The van der Waals surface area contributed by atoms with Crippen LogP contribution in [0.5, 0.6) is 5.75 Å². The molecule has 0 unspecified atom stereocenters. The van der Waals surface area contributed by atoms with Crippen LogP contribution in [-0.2, 0) is 4.79 Å². The number of hydrogen-bond acceptors (Lipinski definition) is 3. The van der Waals surface area contributed by atoms with E-state index < -0.39 is 5.97 Å². The Balaban J connectivity index is 1.66. The molecule has 3 aromatic rings. The molecule has 0 saturated heterocycles. The first-order chi connectivity index (χ1) is 10.8. The molecule has 0 N–H and O–H groups in total. The first-order valence-corrected chi connectivity index (χ1v) is 6.86. The molecule has 4 nitrogen and oxygen atoms in total. The van der Waals surface area contributed by atoms with Crippen molar-refractivity contribution >= 4 is 12.0 Å². The second kappa shape index (κ2) is 6.54. The third-order valence-electron chi connectivity index (χ3n) is 3.00. The van der Waals surface area contributed by atoms with E-state index in [1.807, 2.05) is 54.7 Å². The summed E-state index contributed by atoms with van der Waals surface area (Å²) < 4.78 is 6.93. The number of nitrogens with zero attached hydrogens (tertiary/aromatic N) is 2. The highest BCUT2D eigenvalue weighted by Crippen LogP contribution is 2.11. The Morgan fingerprint density at radius 1 is 1.00 bits per heavy atom. The minimum absolute atomic E-state index is 0.418. The van der Waals surface area contributed by atoms with Gasteiger partial charge < -0.3 is 4.74 Å². The Morgan fingerprint density at radius 3 is 2.41 bits per heavy atom. The van der Waals surface area contributed by atoms with Crippen molar-refractivity contribution in [2.45, 2.75) is 0 Å². The predicted octanol–water partition coefficient (Wildman–Crippen LogP) is 3.49. The number of hydrogen-bond donors (Lipinski definition) is 0. The molecular weight excluding hydrogens is 276 g/mol. The Labute approximate surface area is 128 Å². The molecule has 4 heteroatoms. The molecule has 108 valence electrons. The zero-order chi connectivity index (χ0) is 15.2. The lowest BCUT2D eigenvalue weighted by Crippen LogP contribution is -2.03. The van der Waals surface area contributed by atoms with Crippen molar-refractivity contribution in [3.63, 3.8) is 0 Å². The number of carbonyl (C=O) groups excluding carboxylic acids is 1. The maximum absolute atomic E-state index is 11.7. The quantitative estimate of drug-likeness (QED) is 0.420. The van der Waals surface area contributed by atoms with Crippen LogP contribution in [0.2, 0.25) is 0 Å². The van der Waals surface area contributed by atoms with E-state index in [4.69, 9.17) is 4.74 Å². The molecule has 0 spiro atoms. The van der Waals surface area contributed by atoms with Crippen LogP contribution in [0.25, 0.3) is 11.8 Å². The molecule has 0 aliphatic carbocycles. The predicted molar refractivity (Wildman–Crippen MR) is 84.7 cm³/mol. The fraction of sp³-hybridized carbons (Fsp3) is 0. The Kier molecular flexibility index (Phi) is 4.11. The fourth-order valence-electron chi connectivity index (χ4n) is 1.95. The third kappa shape index (κ3) is 3.49. The van der Waals surface area contributed by atoms with Crippen molar-refractivity contribution < 1.29 is 9.53 Å². The highest BCUT2D eigenvalue weighted by atomic mass is 16.5. The van der Waals surface area contributed by atoms with E-state index in [0.717, 1.165) is 11.3 Å². The van der Waals surface area contributed by atoms with Crippen LogP contribution < -0.4 is 4.74 Å². The molecule has 0 fully saturated rings. The summed E-state index contributed by atoms with van der Waals surface area (Å²) >= 11 is 0. The van der Waals surface area contributed by atoms with Gasteiger partial charge in [-0.25, -0.2) is 9.48 Å². The average molecular weight is 290 g/mol. The number of esters is 1. The summed E-state index contributed by atoms with van der Waals surface area (Å²) in [4.78, 5) is 11.7. The smallest absolute Gasteiger partial charge is 0.336 e. The van der Waals surface area contributed by atoms with Gasteiger partial charge in [-0.3, -0.25) is 0 Å². The second-order valence-electron chi connectivity index (χ2n) is 4.62. The Bertz CT molecular complexity index is 777. The van der Waals surface area contributed by atoms with E-state index in [0.29, 0.717) is 5.75 Å². The molecule has 0 atom stereocenters. The lowest BCUT2D eigenvalue weighted by molar-refractivity contribution is -0.128. The SMILES string of the molecule is O=C(/C=C/c1cnn(-c2ccccc2)c1)Oc1ccccc1. The zero-order valence-electron chi connectivity index (χ0n) is 11.8. The van der Waals surface area contributed by atoms with Gasteiger partial charge in [0, 0.05) is 17.8 Å². The van der Waals surface area contributed by atoms with Crippen molar-refractivity contribution in [2.75, 3.05) is 0 Å². The molecule has 2 aromatic carbocycles.